The lowest BCUT2D eigenvalue weighted by atomic mass is 9.82. The van der Waals surface area contributed by atoms with Crippen LogP contribution in [0.1, 0.15) is 33.6 Å². The summed E-state index contributed by atoms with van der Waals surface area (Å²) in [5, 5.41) is 22.9. The van der Waals surface area contributed by atoms with Crippen molar-refractivity contribution in [1.82, 2.24) is 19.5 Å². The maximum atomic E-state index is 14.1. The standard InChI is InChI=1S/C29H21F4N5O2/c1-16-9-19(28(39,24-14-35-15-38(24)2)18-7-8-23(36-13-18)29(31,32)33)11-21-22(12-34)25(27(40-3)37-26(16)21)17-5-4-6-20(30)10-17/h4-11,13-15,39H,1-3H3. The van der Waals surface area contributed by atoms with Crippen molar-refractivity contribution in [2.75, 3.05) is 7.11 Å². The van der Waals surface area contributed by atoms with Crippen molar-refractivity contribution in [2.24, 2.45) is 7.05 Å². The fraction of sp³-hybridized carbons (Fsp3) is 0.172. The summed E-state index contributed by atoms with van der Waals surface area (Å²) in [5.74, 6) is -0.409. The number of ether oxygens (including phenoxy) is 1. The first kappa shape index (κ1) is 26.8. The van der Waals surface area contributed by atoms with Gasteiger partial charge in [0.05, 0.1) is 42.0 Å². The van der Waals surface area contributed by atoms with Crippen LogP contribution in [0.4, 0.5) is 17.6 Å². The first-order valence-electron chi connectivity index (χ1n) is 11.9. The van der Waals surface area contributed by atoms with Crippen LogP contribution in [0.5, 0.6) is 5.88 Å². The Morgan fingerprint density at radius 1 is 1.05 bits per heavy atom. The molecule has 3 aromatic heterocycles. The zero-order chi connectivity index (χ0) is 28.8. The Balaban J connectivity index is 1.84. The fourth-order valence-electron chi connectivity index (χ4n) is 4.85. The average Bonchev–Trinajstić information content (AvgIpc) is 3.37. The van der Waals surface area contributed by atoms with E-state index in [1.165, 1.54) is 42.4 Å². The summed E-state index contributed by atoms with van der Waals surface area (Å²) in [5.41, 5.74) is -0.913. The molecular weight excluding hydrogens is 526 g/mol. The van der Waals surface area contributed by atoms with E-state index >= 15 is 0 Å². The van der Waals surface area contributed by atoms with E-state index in [1.807, 2.05) is 0 Å². The molecule has 0 amide bonds. The molecule has 3 heterocycles. The van der Waals surface area contributed by atoms with Crippen LogP contribution in [0.2, 0.25) is 0 Å². The highest BCUT2D eigenvalue weighted by Crippen LogP contribution is 2.42. The second-order valence-electron chi connectivity index (χ2n) is 9.21. The van der Waals surface area contributed by atoms with Crippen LogP contribution in [0, 0.1) is 24.1 Å². The smallest absolute Gasteiger partial charge is 0.433 e. The van der Waals surface area contributed by atoms with Gasteiger partial charge >= 0.3 is 6.18 Å². The number of methoxy groups -OCH3 is 1. The van der Waals surface area contributed by atoms with Crippen molar-refractivity contribution in [3.63, 3.8) is 0 Å². The molecule has 0 saturated carbocycles. The molecule has 11 heteroatoms. The van der Waals surface area contributed by atoms with Gasteiger partial charge in [-0.2, -0.15) is 18.4 Å². The van der Waals surface area contributed by atoms with Gasteiger partial charge in [-0.15, -0.1) is 0 Å². The van der Waals surface area contributed by atoms with E-state index in [-0.39, 0.29) is 33.8 Å². The van der Waals surface area contributed by atoms with Gasteiger partial charge in [0.15, 0.2) is 5.60 Å². The van der Waals surface area contributed by atoms with Gasteiger partial charge in [0.2, 0.25) is 5.88 Å². The Morgan fingerprint density at radius 3 is 2.40 bits per heavy atom. The molecule has 5 aromatic rings. The van der Waals surface area contributed by atoms with E-state index in [0.29, 0.717) is 22.0 Å². The van der Waals surface area contributed by atoms with Gasteiger partial charge in [0.25, 0.3) is 0 Å². The number of aromatic nitrogens is 4. The SMILES string of the molecule is COc1nc2c(C)cc(C(O)(c3ccc(C(F)(F)F)nc3)c3cncn3C)cc2c(C#N)c1-c1cccc(F)c1. The van der Waals surface area contributed by atoms with Crippen molar-refractivity contribution >= 4 is 10.9 Å². The predicted octanol–water partition coefficient (Wildman–Crippen LogP) is 5.66. The molecule has 0 aliphatic carbocycles. The molecule has 0 bridgehead atoms. The highest BCUT2D eigenvalue weighted by Gasteiger charge is 2.39. The molecule has 1 atom stereocenters. The maximum absolute atomic E-state index is 14.1. The van der Waals surface area contributed by atoms with Gasteiger partial charge in [0, 0.05) is 24.2 Å². The number of halogens is 4. The normalized spacial score (nSPS) is 13.2. The molecule has 0 fully saturated rings. The molecule has 0 aliphatic heterocycles. The second-order valence-corrected chi connectivity index (χ2v) is 9.21. The summed E-state index contributed by atoms with van der Waals surface area (Å²) in [6.45, 7) is 1.72. The molecule has 202 valence electrons. The number of hydrogen-bond donors (Lipinski definition) is 1. The van der Waals surface area contributed by atoms with Crippen LogP contribution in [-0.2, 0) is 18.8 Å². The zero-order valence-corrected chi connectivity index (χ0v) is 21.5. The number of benzene rings is 2. The third-order valence-corrected chi connectivity index (χ3v) is 6.74. The van der Waals surface area contributed by atoms with Crippen molar-refractivity contribution in [2.45, 2.75) is 18.7 Å². The zero-order valence-electron chi connectivity index (χ0n) is 21.5. The maximum Gasteiger partial charge on any atom is 0.433 e. The first-order chi connectivity index (χ1) is 19.0. The van der Waals surface area contributed by atoms with Gasteiger partial charge in [-0.25, -0.2) is 14.4 Å². The van der Waals surface area contributed by atoms with E-state index < -0.39 is 23.3 Å². The number of nitrogens with zero attached hydrogens (tertiary/aromatic N) is 5. The average molecular weight is 548 g/mol. The summed E-state index contributed by atoms with van der Waals surface area (Å²) in [6.07, 6.45) is -0.860. The number of aliphatic hydroxyl groups is 1. The highest BCUT2D eigenvalue weighted by molar-refractivity contribution is 5.96. The molecule has 0 saturated heterocycles. The number of rotatable bonds is 5. The number of aryl methyl sites for hydroxylation is 2. The fourth-order valence-corrected chi connectivity index (χ4v) is 4.85. The molecule has 5 rings (SSSR count). The monoisotopic (exact) mass is 547 g/mol. The van der Waals surface area contributed by atoms with Crippen LogP contribution >= 0.6 is 0 Å². The largest absolute Gasteiger partial charge is 0.480 e. The first-order valence-corrected chi connectivity index (χ1v) is 11.9. The highest BCUT2D eigenvalue weighted by atomic mass is 19.4. The van der Waals surface area contributed by atoms with E-state index in [2.05, 4.69) is 21.0 Å². The lowest BCUT2D eigenvalue weighted by molar-refractivity contribution is -0.141. The lowest BCUT2D eigenvalue weighted by Crippen LogP contribution is -2.31. The van der Waals surface area contributed by atoms with Gasteiger partial charge in [0.1, 0.15) is 17.6 Å². The molecule has 7 nitrogen and oxygen atoms in total. The molecular formula is C29H21F4N5O2. The summed E-state index contributed by atoms with van der Waals surface area (Å²) in [7, 11) is 3.02. The number of imidazole rings is 1. The molecule has 0 aliphatic rings. The van der Waals surface area contributed by atoms with E-state index in [1.54, 1.807) is 32.2 Å². The van der Waals surface area contributed by atoms with Crippen molar-refractivity contribution in [1.29, 1.82) is 5.26 Å². The number of fused-ring (bicyclic) bond motifs is 1. The van der Waals surface area contributed by atoms with Crippen LogP contribution < -0.4 is 4.74 Å². The minimum atomic E-state index is -4.66. The van der Waals surface area contributed by atoms with Crippen molar-refractivity contribution in [3.05, 3.63) is 107 Å². The lowest BCUT2D eigenvalue weighted by Gasteiger charge is -2.30. The number of alkyl halides is 3. The summed E-state index contributed by atoms with van der Waals surface area (Å²) >= 11 is 0. The van der Waals surface area contributed by atoms with Crippen LogP contribution in [0.3, 0.4) is 0 Å². The minimum Gasteiger partial charge on any atom is -0.480 e. The van der Waals surface area contributed by atoms with Crippen molar-refractivity contribution in [3.8, 4) is 23.1 Å². The molecule has 1 unspecified atom stereocenters. The Morgan fingerprint density at radius 2 is 1.82 bits per heavy atom. The van der Waals surface area contributed by atoms with E-state index in [9.17, 15) is 27.9 Å². The topological polar surface area (TPSA) is 96.8 Å². The second kappa shape index (κ2) is 9.73. The predicted molar refractivity (Wildman–Crippen MR) is 138 cm³/mol. The quantitative estimate of drug-likeness (QED) is 0.285. The van der Waals surface area contributed by atoms with E-state index in [4.69, 9.17) is 4.74 Å². The Kier molecular flexibility index (Phi) is 6.51. The molecule has 2 aromatic carbocycles. The molecule has 0 spiro atoms. The minimum absolute atomic E-state index is 0.0492. The summed E-state index contributed by atoms with van der Waals surface area (Å²) in [6, 6.07) is 12.9. The Bertz CT molecular complexity index is 1790. The van der Waals surface area contributed by atoms with Crippen LogP contribution in [0.25, 0.3) is 22.0 Å². The summed E-state index contributed by atoms with van der Waals surface area (Å²) < 4.78 is 60.9. The summed E-state index contributed by atoms with van der Waals surface area (Å²) in [4.78, 5) is 12.2. The molecule has 1 N–H and O–H groups in total. The van der Waals surface area contributed by atoms with Crippen LogP contribution in [0.15, 0.2) is 67.3 Å². The third-order valence-electron chi connectivity index (χ3n) is 6.74. The van der Waals surface area contributed by atoms with Crippen molar-refractivity contribution < 1.29 is 27.4 Å². The van der Waals surface area contributed by atoms with Gasteiger partial charge in [-0.1, -0.05) is 24.3 Å². The third kappa shape index (κ3) is 4.32. The van der Waals surface area contributed by atoms with Gasteiger partial charge in [-0.3, -0.25) is 4.98 Å². The number of pyridine rings is 2. The molecule has 40 heavy (non-hydrogen) atoms. The number of nitriles is 1. The molecule has 0 radical (unpaired) electrons. The number of hydrogen-bond acceptors (Lipinski definition) is 6. The van der Waals surface area contributed by atoms with E-state index in [0.717, 1.165) is 18.3 Å². The Labute approximate surface area is 226 Å². The Hall–Kier alpha value is -4.82. The van der Waals surface area contributed by atoms with Gasteiger partial charge < -0.3 is 14.4 Å². The van der Waals surface area contributed by atoms with Crippen LogP contribution in [-0.4, -0.2) is 31.7 Å². The van der Waals surface area contributed by atoms with Gasteiger partial charge in [-0.05, 0) is 47.9 Å².